The zero-order valence-corrected chi connectivity index (χ0v) is 13.9. The number of hydrogen-bond donors (Lipinski definition) is 2. The van der Waals surface area contributed by atoms with Gasteiger partial charge in [0.15, 0.2) is 0 Å². The highest BCUT2D eigenvalue weighted by Crippen LogP contribution is 2.07. The molecule has 0 bridgehead atoms. The molecule has 0 spiro atoms. The quantitative estimate of drug-likeness (QED) is 0.543. The van der Waals surface area contributed by atoms with Crippen LogP contribution in [0.25, 0.3) is 0 Å². The molecule has 20 heavy (non-hydrogen) atoms. The fraction of sp³-hybridized carbons (Fsp3) is 0.938. The van der Waals surface area contributed by atoms with Crippen LogP contribution in [0.3, 0.4) is 0 Å². The van der Waals surface area contributed by atoms with Crippen molar-refractivity contribution in [2.24, 2.45) is 5.73 Å². The van der Waals surface area contributed by atoms with E-state index in [9.17, 15) is 4.79 Å². The molecule has 0 heterocycles. The van der Waals surface area contributed by atoms with Crippen LogP contribution in [0.1, 0.15) is 71.1 Å². The maximum absolute atomic E-state index is 10.2. The van der Waals surface area contributed by atoms with E-state index in [2.05, 4.69) is 6.92 Å². The minimum absolute atomic E-state index is 0.211. The van der Waals surface area contributed by atoms with Crippen LogP contribution in [-0.4, -0.2) is 43.2 Å². The summed E-state index contributed by atoms with van der Waals surface area (Å²) in [5, 5.41) is 8.51. The average molecular weight is 288 g/mol. The number of carbonyl (C=O) groups is 1. The van der Waals surface area contributed by atoms with Gasteiger partial charge in [0.2, 0.25) is 5.91 Å². The van der Waals surface area contributed by atoms with Crippen LogP contribution in [0.5, 0.6) is 0 Å². The monoisotopic (exact) mass is 288 g/mol. The first-order chi connectivity index (χ1) is 9.54. The van der Waals surface area contributed by atoms with Gasteiger partial charge in [0.25, 0.3) is 0 Å². The van der Waals surface area contributed by atoms with Gasteiger partial charge in [-0.1, -0.05) is 51.9 Å². The van der Waals surface area contributed by atoms with Crippen molar-refractivity contribution < 1.29 is 9.90 Å². The highest BCUT2D eigenvalue weighted by Gasteiger charge is 1.94. The van der Waals surface area contributed by atoms with Crippen LogP contribution >= 0.6 is 0 Å². The minimum Gasteiger partial charge on any atom is -0.396 e. The molecule has 122 valence electrons. The number of aliphatic hydroxyl groups is 1. The van der Waals surface area contributed by atoms with Crippen molar-refractivity contribution in [1.82, 2.24) is 4.90 Å². The van der Waals surface area contributed by atoms with E-state index in [-0.39, 0.29) is 5.91 Å². The molecule has 0 aromatic rings. The largest absolute Gasteiger partial charge is 0.396 e. The normalized spacial score (nSPS) is 10.2. The summed E-state index contributed by atoms with van der Waals surface area (Å²) in [5.74, 6) is -0.211. The lowest BCUT2D eigenvalue weighted by atomic mass is 10.1. The number of carbonyl (C=O) groups excluding carboxylic acids is 1. The van der Waals surface area contributed by atoms with E-state index >= 15 is 0 Å². The summed E-state index contributed by atoms with van der Waals surface area (Å²) in [5.41, 5.74) is 4.92. The molecule has 4 nitrogen and oxygen atoms in total. The fourth-order valence-corrected chi connectivity index (χ4v) is 1.82. The van der Waals surface area contributed by atoms with Crippen molar-refractivity contribution in [2.75, 3.05) is 27.2 Å². The first kappa shape index (κ1) is 21.7. The standard InChI is InChI=1S/C10H22O.C6H14N2O/c1-2-3-4-5-6-7-8-9-10-11;1-8(2)5-3-4-6(7)9/h11H,2-10H2,1H3;3-5H2,1-2H3,(H2,7,9). The molecule has 0 aliphatic carbocycles. The number of aliphatic hydroxyl groups excluding tert-OH is 1. The number of rotatable bonds is 12. The van der Waals surface area contributed by atoms with Gasteiger partial charge >= 0.3 is 0 Å². The molecule has 3 N–H and O–H groups in total. The van der Waals surface area contributed by atoms with Crippen molar-refractivity contribution in [3.8, 4) is 0 Å². The Hall–Kier alpha value is -0.610. The molecule has 1 amide bonds. The molecule has 4 heteroatoms. The Kier molecular flexibility index (Phi) is 19.9. The first-order valence-electron chi connectivity index (χ1n) is 8.08. The Morgan fingerprint density at radius 1 is 0.950 bits per heavy atom. The van der Waals surface area contributed by atoms with Crippen molar-refractivity contribution in [2.45, 2.75) is 71.1 Å². The highest BCUT2D eigenvalue weighted by molar-refractivity contribution is 5.73. The predicted molar refractivity (Wildman–Crippen MR) is 86.7 cm³/mol. The van der Waals surface area contributed by atoms with Gasteiger partial charge in [-0.25, -0.2) is 0 Å². The van der Waals surface area contributed by atoms with Gasteiger partial charge in [-0.05, 0) is 33.5 Å². The lowest BCUT2D eigenvalue weighted by Gasteiger charge is -2.06. The van der Waals surface area contributed by atoms with E-state index in [1.165, 1.54) is 44.9 Å². The summed E-state index contributed by atoms with van der Waals surface area (Å²) in [7, 11) is 3.95. The Balaban J connectivity index is 0. The van der Waals surface area contributed by atoms with Crippen molar-refractivity contribution in [1.29, 1.82) is 0 Å². The van der Waals surface area contributed by atoms with E-state index in [0.29, 0.717) is 13.0 Å². The maximum Gasteiger partial charge on any atom is 0.217 e. The van der Waals surface area contributed by atoms with Crippen molar-refractivity contribution in [3.63, 3.8) is 0 Å². The highest BCUT2D eigenvalue weighted by atomic mass is 16.2. The number of unbranched alkanes of at least 4 members (excludes halogenated alkanes) is 7. The molecular formula is C16H36N2O2. The van der Waals surface area contributed by atoms with Gasteiger partial charge in [-0.2, -0.15) is 0 Å². The summed E-state index contributed by atoms with van der Waals surface area (Å²) in [6, 6.07) is 0. The Labute approximate surface area is 125 Å². The van der Waals surface area contributed by atoms with Gasteiger partial charge < -0.3 is 15.7 Å². The number of hydrogen-bond acceptors (Lipinski definition) is 3. The molecule has 0 unspecified atom stereocenters. The Bertz CT molecular complexity index is 189. The molecule has 0 aromatic heterocycles. The lowest BCUT2D eigenvalue weighted by molar-refractivity contribution is -0.118. The number of primary amides is 1. The third kappa shape index (κ3) is 26.1. The predicted octanol–water partition coefficient (Wildman–Crippen LogP) is 2.93. The molecule has 0 aliphatic heterocycles. The van der Waals surface area contributed by atoms with Crippen LogP contribution in [-0.2, 0) is 4.79 Å². The summed E-state index contributed by atoms with van der Waals surface area (Å²) < 4.78 is 0. The Morgan fingerprint density at radius 3 is 1.85 bits per heavy atom. The molecule has 0 atom stereocenters. The van der Waals surface area contributed by atoms with Gasteiger partial charge in [0, 0.05) is 13.0 Å². The molecule has 0 aliphatic rings. The smallest absolute Gasteiger partial charge is 0.217 e. The fourth-order valence-electron chi connectivity index (χ4n) is 1.82. The van der Waals surface area contributed by atoms with Crippen LogP contribution in [0.4, 0.5) is 0 Å². The molecule has 0 fully saturated rings. The van der Waals surface area contributed by atoms with Crippen molar-refractivity contribution >= 4 is 5.91 Å². The number of amides is 1. The summed E-state index contributed by atoms with van der Waals surface area (Å²) in [6.07, 6.45) is 11.7. The molecule has 0 radical (unpaired) electrons. The molecule has 0 saturated carbocycles. The number of nitrogens with zero attached hydrogens (tertiary/aromatic N) is 1. The molecule has 0 saturated heterocycles. The third-order valence-corrected chi connectivity index (χ3v) is 3.04. The zero-order valence-electron chi connectivity index (χ0n) is 13.9. The average Bonchev–Trinajstić information content (AvgIpc) is 2.38. The van der Waals surface area contributed by atoms with Gasteiger partial charge in [0.05, 0.1) is 0 Å². The molecule has 0 aromatic carbocycles. The SMILES string of the molecule is CCCCCCCCCCO.CN(C)CCCC(N)=O. The van der Waals surface area contributed by atoms with Crippen LogP contribution in [0.2, 0.25) is 0 Å². The summed E-state index contributed by atoms with van der Waals surface area (Å²) in [6.45, 7) is 3.55. The van der Waals surface area contributed by atoms with E-state index in [1.54, 1.807) is 0 Å². The molecule has 0 rings (SSSR count). The summed E-state index contributed by atoms with van der Waals surface area (Å²) >= 11 is 0. The van der Waals surface area contributed by atoms with Crippen LogP contribution < -0.4 is 5.73 Å². The summed E-state index contributed by atoms with van der Waals surface area (Å²) in [4.78, 5) is 12.2. The van der Waals surface area contributed by atoms with E-state index < -0.39 is 0 Å². The van der Waals surface area contributed by atoms with E-state index in [4.69, 9.17) is 10.8 Å². The second-order valence-electron chi connectivity index (χ2n) is 5.57. The van der Waals surface area contributed by atoms with E-state index in [1.807, 2.05) is 19.0 Å². The van der Waals surface area contributed by atoms with Crippen LogP contribution in [0.15, 0.2) is 0 Å². The first-order valence-corrected chi connectivity index (χ1v) is 8.08. The molecular weight excluding hydrogens is 252 g/mol. The van der Waals surface area contributed by atoms with Crippen molar-refractivity contribution in [3.05, 3.63) is 0 Å². The zero-order chi connectivity index (χ0) is 15.6. The Morgan fingerprint density at radius 2 is 1.45 bits per heavy atom. The maximum atomic E-state index is 10.2. The van der Waals surface area contributed by atoms with Crippen LogP contribution in [0, 0.1) is 0 Å². The van der Waals surface area contributed by atoms with Gasteiger partial charge in [-0.3, -0.25) is 4.79 Å². The van der Waals surface area contributed by atoms with Gasteiger partial charge in [-0.15, -0.1) is 0 Å². The lowest BCUT2D eigenvalue weighted by Crippen LogP contribution is -2.17. The second kappa shape index (κ2) is 18.4. The minimum atomic E-state index is -0.211. The number of nitrogens with two attached hydrogens (primary N) is 1. The second-order valence-corrected chi connectivity index (χ2v) is 5.57. The third-order valence-electron chi connectivity index (χ3n) is 3.04. The topological polar surface area (TPSA) is 66.6 Å². The van der Waals surface area contributed by atoms with Gasteiger partial charge in [0.1, 0.15) is 0 Å². The van der Waals surface area contributed by atoms with E-state index in [0.717, 1.165) is 19.4 Å².